The van der Waals surface area contributed by atoms with Crippen LogP contribution in [-0.4, -0.2) is 23.0 Å². The molecule has 2 aromatic heterocycles. The summed E-state index contributed by atoms with van der Waals surface area (Å²) >= 11 is 1.46. The molecule has 0 aliphatic heterocycles. The van der Waals surface area contributed by atoms with E-state index in [2.05, 4.69) is 15.3 Å². The summed E-state index contributed by atoms with van der Waals surface area (Å²) in [4.78, 5) is 22.2. The van der Waals surface area contributed by atoms with Gasteiger partial charge in [0.2, 0.25) is 0 Å². The van der Waals surface area contributed by atoms with E-state index >= 15 is 0 Å². The number of hydrogen-bond acceptors (Lipinski definition) is 6. The van der Waals surface area contributed by atoms with Gasteiger partial charge in [-0.05, 0) is 37.1 Å². The van der Waals surface area contributed by atoms with Crippen molar-refractivity contribution in [3.8, 4) is 11.5 Å². The van der Waals surface area contributed by atoms with Crippen molar-refractivity contribution in [1.82, 2.24) is 9.97 Å². The maximum absolute atomic E-state index is 12.6. The first-order chi connectivity index (χ1) is 15.2. The molecule has 1 fully saturated rings. The minimum atomic E-state index is -0.170. The predicted molar refractivity (Wildman–Crippen MR) is 121 cm³/mol. The number of anilines is 1. The number of rotatable bonds is 7. The summed E-state index contributed by atoms with van der Waals surface area (Å²) in [5, 5.41) is 5.06. The lowest BCUT2D eigenvalue weighted by Gasteiger charge is -2.13. The highest BCUT2D eigenvalue weighted by Gasteiger charge is 2.27. The average molecular weight is 432 g/mol. The Morgan fingerprint density at radius 2 is 2.00 bits per heavy atom. The molecule has 2 aromatic carbocycles. The third kappa shape index (κ3) is 4.36. The molecule has 1 saturated carbocycles. The molecule has 6 nitrogen and oxygen atoms in total. The van der Waals surface area contributed by atoms with Crippen molar-refractivity contribution in [2.45, 2.75) is 25.4 Å². The molecule has 4 aromatic rings. The van der Waals surface area contributed by atoms with Crippen molar-refractivity contribution in [3.05, 3.63) is 76.4 Å². The van der Waals surface area contributed by atoms with Gasteiger partial charge in [0.1, 0.15) is 11.5 Å². The number of nitrogens with zero attached hydrogens (tertiary/aromatic N) is 2. The highest BCUT2D eigenvalue weighted by atomic mass is 32.1. The van der Waals surface area contributed by atoms with Gasteiger partial charge in [0, 0.05) is 23.1 Å². The minimum absolute atomic E-state index is 0.170. The zero-order valence-corrected chi connectivity index (χ0v) is 17.8. The van der Waals surface area contributed by atoms with Crippen molar-refractivity contribution in [2.75, 3.05) is 12.4 Å². The monoisotopic (exact) mass is 431 g/mol. The molecule has 7 heteroatoms. The molecule has 0 bridgehead atoms. The maximum Gasteiger partial charge on any atom is 0.267 e. The number of nitrogens with one attached hydrogen (secondary N) is 1. The summed E-state index contributed by atoms with van der Waals surface area (Å²) in [7, 11) is 1.59. The number of carbonyl (C=O) groups is 1. The van der Waals surface area contributed by atoms with Gasteiger partial charge in [-0.3, -0.25) is 4.79 Å². The summed E-state index contributed by atoms with van der Waals surface area (Å²) in [6.45, 7) is 0.290. The van der Waals surface area contributed by atoms with Crippen LogP contribution in [0.5, 0.6) is 11.5 Å². The van der Waals surface area contributed by atoms with Crippen LogP contribution in [0, 0.1) is 0 Å². The predicted octanol–water partition coefficient (Wildman–Crippen LogP) is 5.41. The summed E-state index contributed by atoms with van der Waals surface area (Å²) in [5.74, 6) is 1.50. The molecule has 1 N–H and O–H groups in total. The quantitative estimate of drug-likeness (QED) is 0.424. The highest BCUT2D eigenvalue weighted by molar-refractivity contribution is 7.13. The molecule has 156 valence electrons. The van der Waals surface area contributed by atoms with E-state index in [-0.39, 0.29) is 12.5 Å². The molecule has 0 unspecified atom stereocenters. The van der Waals surface area contributed by atoms with Crippen LogP contribution in [0.3, 0.4) is 0 Å². The molecule has 31 heavy (non-hydrogen) atoms. The van der Waals surface area contributed by atoms with Gasteiger partial charge >= 0.3 is 0 Å². The molecule has 0 radical (unpaired) electrons. The number of amides is 1. The molecular weight excluding hydrogens is 410 g/mol. The maximum atomic E-state index is 12.6. The zero-order chi connectivity index (χ0) is 21.2. The molecule has 0 spiro atoms. The Labute approximate surface area is 183 Å². The SMILES string of the molecule is COc1ccc(NC(=O)c2cnc(C3CC3)s2)cc1OCc1ccc2ccccc2n1. The fraction of sp³-hybridized carbons (Fsp3) is 0.208. The number of carbonyl (C=O) groups excluding carboxylic acids is 1. The van der Waals surface area contributed by atoms with Gasteiger partial charge in [0.05, 0.1) is 29.5 Å². The van der Waals surface area contributed by atoms with Gasteiger partial charge in [-0.15, -0.1) is 11.3 Å². The topological polar surface area (TPSA) is 73.3 Å². The second-order valence-electron chi connectivity index (χ2n) is 7.44. The number of methoxy groups -OCH3 is 1. The first-order valence-corrected chi connectivity index (χ1v) is 10.9. The van der Waals surface area contributed by atoms with Crippen molar-refractivity contribution >= 4 is 33.8 Å². The average Bonchev–Trinajstić information content (AvgIpc) is 3.53. The second-order valence-corrected chi connectivity index (χ2v) is 8.50. The molecule has 1 amide bonds. The fourth-order valence-corrected chi connectivity index (χ4v) is 4.29. The van der Waals surface area contributed by atoms with Gasteiger partial charge in [-0.25, -0.2) is 9.97 Å². The first kappa shape index (κ1) is 19.5. The largest absolute Gasteiger partial charge is 0.493 e. The first-order valence-electron chi connectivity index (χ1n) is 10.1. The van der Waals surface area contributed by atoms with Crippen LogP contribution in [0.4, 0.5) is 5.69 Å². The number of hydrogen-bond donors (Lipinski definition) is 1. The lowest BCUT2D eigenvalue weighted by molar-refractivity contribution is 0.103. The smallest absolute Gasteiger partial charge is 0.267 e. The van der Waals surface area contributed by atoms with Gasteiger partial charge in [-0.2, -0.15) is 0 Å². The van der Waals surface area contributed by atoms with E-state index in [1.54, 1.807) is 31.5 Å². The van der Waals surface area contributed by atoms with Gasteiger partial charge in [-0.1, -0.05) is 24.3 Å². The van der Waals surface area contributed by atoms with E-state index in [4.69, 9.17) is 9.47 Å². The lowest BCUT2D eigenvalue weighted by Crippen LogP contribution is -2.10. The normalized spacial score (nSPS) is 13.2. The Hall–Kier alpha value is -3.45. The molecule has 0 atom stereocenters. The third-order valence-corrected chi connectivity index (χ3v) is 6.29. The van der Waals surface area contributed by atoms with E-state index < -0.39 is 0 Å². The summed E-state index contributed by atoms with van der Waals surface area (Å²) in [5.41, 5.74) is 2.37. The number of thiazole rings is 1. The Kier molecular flexibility index (Phi) is 5.26. The van der Waals surface area contributed by atoms with E-state index in [1.165, 1.54) is 24.2 Å². The summed E-state index contributed by atoms with van der Waals surface area (Å²) < 4.78 is 11.4. The van der Waals surface area contributed by atoms with Crippen LogP contribution in [0.25, 0.3) is 10.9 Å². The molecule has 1 aliphatic carbocycles. The third-order valence-electron chi connectivity index (χ3n) is 5.13. The van der Waals surface area contributed by atoms with Crippen molar-refractivity contribution < 1.29 is 14.3 Å². The van der Waals surface area contributed by atoms with Crippen LogP contribution in [0.2, 0.25) is 0 Å². The number of aromatic nitrogens is 2. The molecule has 5 rings (SSSR count). The van der Waals surface area contributed by atoms with Crippen LogP contribution in [0.1, 0.15) is 39.1 Å². The van der Waals surface area contributed by atoms with E-state index in [1.807, 2.05) is 36.4 Å². The minimum Gasteiger partial charge on any atom is -0.493 e. The van der Waals surface area contributed by atoms with Gasteiger partial charge in [0.25, 0.3) is 5.91 Å². The molecule has 1 aliphatic rings. The lowest BCUT2D eigenvalue weighted by atomic mass is 10.2. The van der Waals surface area contributed by atoms with Crippen molar-refractivity contribution in [1.29, 1.82) is 0 Å². The Bertz CT molecular complexity index is 1250. The van der Waals surface area contributed by atoms with Crippen molar-refractivity contribution in [2.24, 2.45) is 0 Å². The number of para-hydroxylation sites is 1. The van der Waals surface area contributed by atoms with Crippen LogP contribution < -0.4 is 14.8 Å². The summed E-state index contributed by atoms with van der Waals surface area (Å²) in [6, 6.07) is 17.3. The van der Waals surface area contributed by atoms with Crippen LogP contribution >= 0.6 is 11.3 Å². The number of ether oxygens (including phenoxy) is 2. The zero-order valence-electron chi connectivity index (χ0n) is 17.0. The Balaban J connectivity index is 1.30. The highest BCUT2D eigenvalue weighted by Crippen LogP contribution is 2.41. The number of pyridine rings is 1. The Morgan fingerprint density at radius 3 is 2.84 bits per heavy atom. The van der Waals surface area contributed by atoms with Gasteiger partial charge < -0.3 is 14.8 Å². The van der Waals surface area contributed by atoms with E-state index in [9.17, 15) is 4.79 Å². The molecule has 0 saturated heterocycles. The van der Waals surface area contributed by atoms with Crippen molar-refractivity contribution in [3.63, 3.8) is 0 Å². The van der Waals surface area contributed by atoms with Crippen LogP contribution in [-0.2, 0) is 6.61 Å². The number of fused-ring (bicyclic) bond motifs is 1. The summed E-state index contributed by atoms with van der Waals surface area (Å²) in [6.07, 6.45) is 3.99. The Morgan fingerprint density at radius 1 is 1.13 bits per heavy atom. The second kappa shape index (κ2) is 8.35. The fourth-order valence-electron chi connectivity index (χ4n) is 3.31. The number of benzene rings is 2. The molecular formula is C24H21N3O3S. The van der Waals surface area contributed by atoms with Crippen LogP contribution in [0.15, 0.2) is 60.8 Å². The molecule has 2 heterocycles. The van der Waals surface area contributed by atoms with Gasteiger partial charge in [0.15, 0.2) is 11.5 Å². The van der Waals surface area contributed by atoms with E-state index in [0.29, 0.717) is 28.0 Å². The standard InChI is InChI=1S/C24H21N3O3S/c1-29-20-11-10-17(27-23(28)22-13-25-24(31-22)16-6-7-16)12-21(20)30-14-18-9-8-15-4-2-3-5-19(15)26-18/h2-5,8-13,16H,6-7,14H2,1H3,(H,27,28). The van der Waals surface area contributed by atoms with E-state index in [0.717, 1.165) is 21.6 Å².